The van der Waals surface area contributed by atoms with Crippen LogP contribution in [0.2, 0.25) is 0 Å². The molecular formula is C11H26P2. The van der Waals surface area contributed by atoms with Crippen LogP contribution in [0.3, 0.4) is 0 Å². The molecule has 0 nitrogen and oxygen atoms in total. The maximum atomic E-state index is 2.84. The fourth-order valence-electron chi connectivity index (χ4n) is 1.51. The van der Waals surface area contributed by atoms with Crippen molar-refractivity contribution < 1.29 is 0 Å². The van der Waals surface area contributed by atoms with E-state index in [2.05, 4.69) is 25.4 Å². The standard InChI is InChI=1S/C11H26P2/c1-2-3-4-5-6-7-8-9-10-11(12)13/h11H,2-10,12-13H2,1H3. The zero-order valence-corrected chi connectivity index (χ0v) is 11.4. The predicted molar refractivity (Wildman–Crippen MR) is 70.4 cm³/mol. The van der Waals surface area contributed by atoms with Crippen molar-refractivity contribution in [2.24, 2.45) is 0 Å². The van der Waals surface area contributed by atoms with Crippen molar-refractivity contribution in [1.82, 2.24) is 0 Å². The summed E-state index contributed by atoms with van der Waals surface area (Å²) in [5, 5.41) is 0.736. The largest absolute Gasteiger partial charge is 0.130 e. The van der Waals surface area contributed by atoms with Crippen molar-refractivity contribution in [1.29, 1.82) is 0 Å². The molecule has 0 saturated carbocycles. The topological polar surface area (TPSA) is 0 Å². The van der Waals surface area contributed by atoms with Crippen molar-refractivity contribution in [3.8, 4) is 0 Å². The van der Waals surface area contributed by atoms with Crippen molar-refractivity contribution in [2.45, 2.75) is 70.1 Å². The fraction of sp³-hybridized carbons (Fsp3) is 1.00. The minimum absolute atomic E-state index is 0.736. The molecular weight excluding hydrogens is 194 g/mol. The molecule has 0 spiro atoms. The number of hydrogen-bond acceptors (Lipinski definition) is 0. The van der Waals surface area contributed by atoms with Crippen LogP contribution in [-0.2, 0) is 0 Å². The summed E-state index contributed by atoms with van der Waals surface area (Å²) in [7, 11) is 5.68. The summed E-state index contributed by atoms with van der Waals surface area (Å²) in [4.78, 5) is 0. The van der Waals surface area contributed by atoms with Gasteiger partial charge in [0.05, 0.1) is 0 Å². The molecule has 0 N–H and O–H groups in total. The Morgan fingerprint density at radius 3 is 1.69 bits per heavy atom. The average molecular weight is 220 g/mol. The van der Waals surface area contributed by atoms with Crippen LogP contribution < -0.4 is 0 Å². The molecule has 80 valence electrons. The molecule has 0 aliphatic rings. The van der Waals surface area contributed by atoms with Gasteiger partial charge in [0.25, 0.3) is 0 Å². The summed E-state index contributed by atoms with van der Waals surface area (Å²) in [6.45, 7) is 2.28. The van der Waals surface area contributed by atoms with Gasteiger partial charge in [0.15, 0.2) is 0 Å². The highest BCUT2D eigenvalue weighted by Gasteiger charge is 1.94. The maximum absolute atomic E-state index is 2.84. The Balaban J connectivity index is 2.84. The molecule has 13 heavy (non-hydrogen) atoms. The van der Waals surface area contributed by atoms with Gasteiger partial charge in [-0.25, -0.2) is 0 Å². The van der Waals surface area contributed by atoms with E-state index in [9.17, 15) is 0 Å². The third-order valence-corrected chi connectivity index (χ3v) is 3.06. The molecule has 2 heteroatoms. The lowest BCUT2D eigenvalue weighted by molar-refractivity contribution is 0.571. The van der Waals surface area contributed by atoms with E-state index in [0.717, 1.165) is 5.40 Å². The first-order valence-electron chi connectivity index (χ1n) is 5.78. The molecule has 0 aromatic heterocycles. The van der Waals surface area contributed by atoms with E-state index in [0.29, 0.717) is 0 Å². The van der Waals surface area contributed by atoms with Gasteiger partial charge in [-0.3, -0.25) is 0 Å². The highest BCUT2D eigenvalue weighted by Crippen LogP contribution is 2.18. The molecule has 0 aromatic rings. The van der Waals surface area contributed by atoms with E-state index in [1.54, 1.807) is 0 Å². The number of rotatable bonds is 9. The Hall–Kier alpha value is 0.860. The molecule has 0 fully saturated rings. The third-order valence-electron chi connectivity index (χ3n) is 2.39. The molecule has 0 radical (unpaired) electrons. The zero-order valence-electron chi connectivity index (χ0n) is 9.10. The average Bonchev–Trinajstić information content (AvgIpc) is 2.09. The first-order valence-corrected chi connectivity index (χ1v) is 7.12. The second kappa shape index (κ2) is 10.9. The maximum Gasteiger partial charge on any atom is -0.0118 e. The molecule has 0 aliphatic carbocycles. The van der Waals surface area contributed by atoms with Crippen molar-refractivity contribution in [3.63, 3.8) is 0 Å². The number of hydrogen-bond donors (Lipinski definition) is 0. The molecule has 0 amide bonds. The van der Waals surface area contributed by atoms with Gasteiger partial charge in [-0.05, 0) is 11.8 Å². The molecule has 0 saturated heterocycles. The highest BCUT2D eigenvalue weighted by atomic mass is 31.1. The van der Waals surface area contributed by atoms with Gasteiger partial charge in [0.1, 0.15) is 0 Å². The van der Waals surface area contributed by atoms with E-state index in [4.69, 9.17) is 0 Å². The van der Waals surface area contributed by atoms with Crippen LogP contribution in [0.25, 0.3) is 0 Å². The molecule has 0 rings (SSSR count). The summed E-state index contributed by atoms with van der Waals surface area (Å²) in [6.07, 6.45) is 12.8. The summed E-state index contributed by atoms with van der Waals surface area (Å²) in [5.41, 5.74) is 0. The second-order valence-corrected chi connectivity index (χ2v) is 6.41. The molecule has 0 aliphatic heterocycles. The van der Waals surface area contributed by atoms with Crippen LogP contribution in [0.5, 0.6) is 0 Å². The molecule has 0 bridgehead atoms. The first kappa shape index (κ1) is 13.9. The lowest BCUT2D eigenvalue weighted by Gasteiger charge is -2.03. The molecule has 0 heterocycles. The van der Waals surface area contributed by atoms with Gasteiger partial charge >= 0.3 is 0 Å². The minimum atomic E-state index is 0.736. The Bertz CT molecular complexity index is 92.1. The SMILES string of the molecule is CCCCCCCCCCC(P)P. The van der Waals surface area contributed by atoms with Crippen LogP contribution in [0.15, 0.2) is 0 Å². The predicted octanol–water partition coefficient (Wildman–Crippen LogP) is 4.59. The van der Waals surface area contributed by atoms with Crippen molar-refractivity contribution in [2.75, 3.05) is 0 Å². The quantitative estimate of drug-likeness (QED) is 0.393. The monoisotopic (exact) mass is 220 g/mol. The van der Waals surface area contributed by atoms with Gasteiger partial charge in [-0.2, -0.15) is 0 Å². The summed E-state index contributed by atoms with van der Waals surface area (Å²) < 4.78 is 0. The lowest BCUT2D eigenvalue weighted by atomic mass is 10.1. The van der Waals surface area contributed by atoms with Crippen molar-refractivity contribution in [3.05, 3.63) is 0 Å². The van der Waals surface area contributed by atoms with Crippen molar-refractivity contribution >= 4 is 18.5 Å². The highest BCUT2D eigenvalue weighted by molar-refractivity contribution is 7.37. The van der Waals surface area contributed by atoms with E-state index in [1.807, 2.05) is 0 Å². The van der Waals surface area contributed by atoms with E-state index in [1.165, 1.54) is 57.8 Å². The summed E-state index contributed by atoms with van der Waals surface area (Å²) in [6, 6.07) is 0. The first-order chi connectivity index (χ1) is 6.27. The lowest BCUT2D eigenvalue weighted by Crippen LogP contribution is -1.85. The summed E-state index contributed by atoms with van der Waals surface area (Å²) in [5.74, 6) is 0. The molecule has 0 aromatic carbocycles. The van der Waals surface area contributed by atoms with Crippen LogP contribution in [0, 0.1) is 0 Å². The van der Waals surface area contributed by atoms with Crippen LogP contribution >= 0.6 is 18.5 Å². The van der Waals surface area contributed by atoms with Gasteiger partial charge in [-0.1, -0.05) is 58.3 Å². The van der Waals surface area contributed by atoms with Gasteiger partial charge in [-0.15, -0.1) is 18.5 Å². The van der Waals surface area contributed by atoms with E-state index >= 15 is 0 Å². The van der Waals surface area contributed by atoms with Crippen LogP contribution in [0.4, 0.5) is 0 Å². The smallest absolute Gasteiger partial charge is 0.0118 e. The fourth-order valence-corrected chi connectivity index (χ4v) is 1.99. The Morgan fingerprint density at radius 2 is 1.23 bits per heavy atom. The third kappa shape index (κ3) is 12.9. The van der Waals surface area contributed by atoms with E-state index in [-0.39, 0.29) is 0 Å². The van der Waals surface area contributed by atoms with Gasteiger partial charge in [0.2, 0.25) is 0 Å². The zero-order chi connectivity index (χ0) is 9.94. The Kier molecular flexibility index (Phi) is 11.7. The number of unbranched alkanes of at least 4 members (excludes halogenated alkanes) is 7. The van der Waals surface area contributed by atoms with E-state index < -0.39 is 0 Å². The minimum Gasteiger partial charge on any atom is -0.130 e. The normalized spacial score (nSPS) is 11.1. The van der Waals surface area contributed by atoms with Gasteiger partial charge < -0.3 is 0 Å². The Morgan fingerprint density at radius 1 is 0.769 bits per heavy atom. The van der Waals surface area contributed by atoms with Gasteiger partial charge in [0, 0.05) is 0 Å². The molecule has 2 unspecified atom stereocenters. The summed E-state index contributed by atoms with van der Waals surface area (Å²) >= 11 is 0. The second-order valence-electron chi connectivity index (χ2n) is 3.93. The van der Waals surface area contributed by atoms with Crippen LogP contribution in [0.1, 0.15) is 64.7 Å². The van der Waals surface area contributed by atoms with Crippen LogP contribution in [-0.4, -0.2) is 5.40 Å². The molecule has 2 atom stereocenters. The Labute approximate surface area is 89.0 Å².